The molecule has 2 heteroatoms. The van der Waals surface area contributed by atoms with E-state index in [4.69, 9.17) is 4.74 Å². The molecule has 1 atom stereocenters. The molecule has 0 bridgehead atoms. The van der Waals surface area contributed by atoms with Crippen LogP contribution in [0.3, 0.4) is 0 Å². The van der Waals surface area contributed by atoms with Crippen molar-refractivity contribution >= 4 is 0 Å². The van der Waals surface area contributed by atoms with E-state index < -0.39 is 0 Å². The maximum Gasteiger partial charge on any atom is 0.109 e. The summed E-state index contributed by atoms with van der Waals surface area (Å²) in [5.74, 6) is 1.76. The van der Waals surface area contributed by atoms with Gasteiger partial charge in [-0.25, -0.2) is 0 Å². The molecule has 0 aromatic rings. The second kappa shape index (κ2) is 5.28. The van der Waals surface area contributed by atoms with E-state index in [1.54, 1.807) is 0 Å². The Hall–Kier alpha value is -0.500. The number of hydrogen-bond donors (Lipinski definition) is 1. The van der Waals surface area contributed by atoms with Gasteiger partial charge in [-0.05, 0) is 25.0 Å². The highest BCUT2D eigenvalue weighted by Crippen LogP contribution is 2.18. The van der Waals surface area contributed by atoms with Crippen LogP contribution in [0, 0.1) is 5.92 Å². The monoisotopic (exact) mass is 183 g/mol. The van der Waals surface area contributed by atoms with Crippen molar-refractivity contribution in [3.63, 3.8) is 0 Å². The van der Waals surface area contributed by atoms with Crippen LogP contribution in [0.4, 0.5) is 0 Å². The molecule has 0 aromatic carbocycles. The molecule has 2 nitrogen and oxygen atoms in total. The third kappa shape index (κ3) is 3.03. The summed E-state index contributed by atoms with van der Waals surface area (Å²) < 4.78 is 5.57. The van der Waals surface area contributed by atoms with E-state index in [1.807, 2.05) is 0 Å². The van der Waals surface area contributed by atoms with Gasteiger partial charge in [-0.3, -0.25) is 0 Å². The first-order chi connectivity index (χ1) is 6.25. The molecule has 0 amide bonds. The molecule has 0 radical (unpaired) electrons. The lowest BCUT2D eigenvalue weighted by atomic mass is 10.0. The van der Waals surface area contributed by atoms with E-state index in [1.165, 1.54) is 6.42 Å². The van der Waals surface area contributed by atoms with Gasteiger partial charge in [0.25, 0.3) is 0 Å². The lowest BCUT2D eigenvalue weighted by Gasteiger charge is -2.23. The van der Waals surface area contributed by atoms with Crippen LogP contribution in [-0.2, 0) is 4.74 Å². The van der Waals surface area contributed by atoms with Gasteiger partial charge in [-0.15, -0.1) is 0 Å². The SMILES string of the molecule is CCCNC(C1=CCCO1)C(C)C. The Balaban J connectivity index is 2.46. The minimum absolute atomic E-state index is 0.419. The maximum absolute atomic E-state index is 5.57. The van der Waals surface area contributed by atoms with E-state index in [0.29, 0.717) is 12.0 Å². The predicted octanol–water partition coefficient (Wildman–Crippen LogP) is 2.31. The Labute approximate surface area is 81.4 Å². The summed E-state index contributed by atoms with van der Waals surface area (Å²) in [7, 11) is 0. The van der Waals surface area contributed by atoms with Crippen molar-refractivity contribution < 1.29 is 4.74 Å². The smallest absolute Gasteiger partial charge is 0.109 e. The Kier molecular flexibility index (Phi) is 4.29. The molecule has 1 rings (SSSR count). The lowest BCUT2D eigenvalue weighted by molar-refractivity contribution is 0.199. The van der Waals surface area contributed by atoms with Gasteiger partial charge in [0.05, 0.1) is 12.6 Å². The van der Waals surface area contributed by atoms with E-state index >= 15 is 0 Å². The lowest BCUT2D eigenvalue weighted by Crippen LogP contribution is -2.36. The normalized spacial score (nSPS) is 18.6. The first-order valence-corrected chi connectivity index (χ1v) is 5.32. The van der Waals surface area contributed by atoms with Crippen LogP contribution in [0.1, 0.15) is 33.6 Å². The minimum Gasteiger partial charge on any atom is -0.496 e. The van der Waals surface area contributed by atoms with Crippen molar-refractivity contribution in [2.24, 2.45) is 5.92 Å². The maximum atomic E-state index is 5.57. The van der Waals surface area contributed by atoms with Gasteiger partial charge in [0.2, 0.25) is 0 Å². The van der Waals surface area contributed by atoms with Gasteiger partial charge >= 0.3 is 0 Å². The second-order valence-electron chi connectivity index (χ2n) is 3.92. The van der Waals surface area contributed by atoms with Gasteiger partial charge in [-0.1, -0.05) is 20.8 Å². The quantitative estimate of drug-likeness (QED) is 0.706. The van der Waals surface area contributed by atoms with Crippen molar-refractivity contribution in [1.29, 1.82) is 0 Å². The summed E-state index contributed by atoms with van der Waals surface area (Å²) in [5.41, 5.74) is 0. The molecule has 13 heavy (non-hydrogen) atoms. The fraction of sp³-hybridized carbons (Fsp3) is 0.818. The molecule has 0 aliphatic carbocycles. The van der Waals surface area contributed by atoms with Crippen LogP contribution in [0.5, 0.6) is 0 Å². The van der Waals surface area contributed by atoms with Gasteiger partial charge in [0, 0.05) is 6.42 Å². The molecule has 1 N–H and O–H groups in total. The van der Waals surface area contributed by atoms with Crippen LogP contribution in [-0.4, -0.2) is 19.2 Å². The summed E-state index contributed by atoms with van der Waals surface area (Å²) in [6.45, 7) is 8.59. The van der Waals surface area contributed by atoms with Crippen LogP contribution < -0.4 is 5.32 Å². The van der Waals surface area contributed by atoms with E-state index in [9.17, 15) is 0 Å². The van der Waals surface area contributed by atoms with E-state index in [0.717, 1.165) is 25.3 Å². The van der Waals surface area contributed by atoms with E-state index in [-0.39, 0.29) is 0 Å². The fourth-order valence-electron chi connectivity index (χ4n) is 1.62. The zero-order chi connectivity index (χ0) is 9.68. The van der Waals surface area contributed by atoms with Crippen LogP contribution in [0.25, 0.3) is 0 Å². The average Bonchev–Trinajstić information content (AvgIpc) is 2.57. The number of ether oxygens (including phenoxy) is 1. The number of nitrogens with one attached hydrogen (secondary N) is 1. The molecular weight excluding hydrogens is 162 g/mol. The van der Waals surface area contributed by atoms with Gasteiger partial charge in [-0.2, -0.15) is 0 Å². The van der Waals surface area contributed by atoms with Crippen LogP contribution in [0.15, 0.2) is 11.8 Å². The largest absolute Gasteiger partial charge is 0.496 e. The molecule has 1 aliphatic heterocycles. The highest BCUT2D eigenvalue weighted by molar-refractivity contribution is 5.08. The third-order valence-corrected chi connectivity index (χ3v) is 2.32. The van der Waals surface area contributed by atoms with Gasteiger partial charge in [0.1, 0.15) is 5.76 Å². The minimum atomic E-state index is 0.419. The molecular formula is C11H21NO. The van der Waals surface area contributed by atoms with Crippen molar-refractivity contribution in [1.82, 2.24) is 5.32 Å². The molecule has 76 valence electrons. The predicted molar refractivity (Wildman–Crippen MR) is 55.6 cm³/mol. The summed E-state index contributed by atoms with van der Waals surface area (Å²) >= 11 is 0. The van der Waals surface area contributed by atoms with Crippen LogP contribution >= 0.6 is 0 Å². The summed E-state index contributed by atoms with van der Waals surface area (Å²) in [6.07, 6.45) is 4.47. The fourth-order valence-corrected chi connectivity index (χ4v) is 1.62. The van der Waals surface area contributed by atoms with E-state index in [2.05, 4.69) is 32.2 Å². The Morgan fingerprint density at radius 2 is 2.31 bits per heavy atom. The molecule has 1 heterocycles. The molecule has 1 aliphatic rings. The Morgan fingerprint density at radius 3 is 2.77 bits per heavy atom. The molecule has 1 unspecified atom stereocenters. The zero-order valence-electron chi connectivity index (χ0n) is 8.97. The molecule has 0 saturated heterocycles. The van der Waals surface area contributed by atoms with Crippen molar-refractivity contribution in [3.05, 3.63) is 11.8 Å². The summed E-state index contributed by atoms with van der Waals surface area (Å²) in [4.78, 5) is 0. The number of hydrogen-bond acceptors (Lipinski definition) is 2. The highest BCUT2D eigenvalue weighted by atomic mass is 16.5. The molecule has 0 aromatic heterocycles. The standard InChI is InChI=1S/C11H21NO/c1-4-7-12-11(9(2)3)10-6-5-8-13-10/h6,9,11-12H,4-5,7-8H2,1-3H3. The first-order valence-electron chi connectivity index (χ1n) is 5.32. The highest BCUT2D eigenvalue weighted by Gasteiger charge is 2.20. The van der Waals surface area contributed by atoms with Crippen LogP contribution in [0.2, 0.25) is 0 Å². The van der Waals surface area contributed by atoms with Crippen molar-refractivity contribution in [2.45, 2.75) is 39.7 Å². The Bertz CT molecular complexity index is 175. The molecule has 0 spiro atoms. The van der Waals surface area contributed by atoms with Crippen molar-refractivity contribution in [3.8, 4) is 0 Å². The third-order valence-electron chi connectivity index (χ3n) is 2.32. The molecule has 0 saturated carbocycles. The van der Waals surface area contributed by atoms with Gasteiger partial charge < -0.3 is 10.1 Å². The summed E-state index contributed by atoms with van der Waals surface area (Å²) in [5, 5.41) is 3.52. The topological polar surface area (TPSA) is 21.3 Å². The second-order valence-corrected chi connectivity index (χ2v) is 3.92. The summed E-state index contributed by atoms with van der Waals surface area (Å²) in [6, 6.07) is 0.419. The zero-order valence-corrected chi connectivity index (χ0v) is 8.97. The van der Waals surface area contributed by atoms with Crippen molar-refractivity contribution in [2.75, 3.05) is 13.2 Å². The average molecular weight is 183 g/mol. The molecule has 0 fully saturated rings. The Morgan fingerprint density at radius 1 is 1.54 bits per heavy atom. The first kappa shape index (κ1) is 10.6. The number of rotatable bonds is 5. The van der Waals surface area contributed by atoms with Gasteiger partial charge in [0.15, 0.2) is 0 Å².